The Bertz CT molecular complexity index is 567. The lowest BCUT2D eigenvalue weighted by atomic mass is 9.91. The molecule has 1 aliphatic rings. The molecule has 1 N–H and O–H groups in total. The molecule has 0 radical (unpaired) electrons. The van der Waals surface area contributed by atoms with Gasteiger partial charge in [-0.3, -0.25) is 0 Å². The summed E-state index contributed by atoms with van der Waals surface area (Å²) < 4.78 is 5.25. The maximum Gasteiger partial charge on any atom is 0.141 e. The van der Waals surface area contributed by atoms with E-state index in [9.17, 15) is 0 Å². The van der Waals surface area contributed by atoms with Crippen LogP contribution in [0.25, 0.3) is 11.1 Å². The van der Waals surface area contributed by atoms with Crippen molar-refractivity contribution < 1.29 is 4.52 Å². The van der Waals surface area contributed by atoms with Gasteiger partial charge in [0.15, 0.2) is 0 Å². The van der Waals surface area contributed by atoms with Crippen molar-refractivity contribution in [3.05, 3.63) is 40.8 Å². The number of hydrogen-bond acceptors (Lipinski definition) is 3. The minimum atomic E-state index is 0.425. The first-order valence-electron chi connectivity index (χ1n) is 6.46. The number of fused-ring (bicyclic) bond motifs is 1. The summed E-state index contributed by atoms with van der Waals surface area (Å²) in [5.41, 5.74) is 6.16. The normalized spacial score (nSPS) is 18.7. The molecule has 1 aromatic heterocycles. The highest BCUT2D eigenvalue weighted by molar-refractivity contribution is 5.69. The molecule has 94 valence electrons. The average Bonchev–Trinajstić information content (AvgIpc) is 2.69. The minimum absolute atomic E-state index is 0.425. The molecule has 1 atom stereocenters. The van der Waals surface area contributed by atoms with E-state index >= 15 is 0 Å². The SMILES string of the molecule is Cc1noc(C)c1-c1ccc2c(c1)C(C)NCC2. The molecular formula is C15H18N2O. The predicted octanol–water partition coefficient (Wildman–Crippen LogP) is 3.17. The molecule has 0 saturated heterocycles. The summed E-state index contributed by atoms with van der Waals surface area (Å²) in [6.45, 7) is 7.25. The van der Waals surface area contributed by atoms with Gasteiger partial charge in [-0.25, -0.2) is 0 Å². The van der Waals surface area contributed by atoms with Crippen molar-refractivity contribution in [1.29, 1.82) is 0 Å². The van der Waals surface area contributed by atoms with Crippen molar-refractivity contribution in [3.63, 3.8) is 0 Å². The highest BCUT2D eigenvalue weighted by Crippen LogP contribution is 2.31. The number of aromatic nitrogens is 1. The smallest absolute Gasteiger partial charge is 0.141 e. The fraction of sp³-hybridized carbons (Fsp3) is 0.400. The molecule has 1 aromatic carbocycles. The lowest BCUT2D eigenvalue weighted by Gasteiger charge is -2.24. The first-order chi connectivity index (χ1) is 8.66. The van der Waals surface area contributed by atoms with Crippen molar-refractivity contribution >= 4 is 0 Å². The number of hydrogen-bond donors (Lipinski definition) is 1. The second kappa shape index (κ2) is 4.25. The molecule has 2 heterocycles. The van der Waals surface area contributed by atoms with Gasteiger partial charge >= 0.3 is 0 Å². The molecule has 3 nitrogen and oxygen atoms in total. The van der Waals surface area contributed by atoms with E-state index in [-0.39, 0.29) is 0 Å². The zero-order chi connectivity index (χ0) is 12.7. The maximum absolute atomic E-state index is 5.25. The van der Waals surface area contributed by atoms with Crippen LogP contribution in [-0.2, 0) is 6.42 Å². The largest absolute Gasteiger partial charge is 0.361 e. The van der Waals surface area contributed by atoms with Crippen LogP contribution < -0.4 is 5.32 Å². The molecule has 3 heteroatoms. The molecule has 0 aliphatic carbocycles. The van der Waals surface area contributed by atoms with E-state index in [1.54, 1.807) is 0 Å². The first kappa shape index (κ1) is 11.5. The monoisotopic (exact) mass is 242 g/mol. The van der Waals surface area contributed by atoms with Gasteiger partial charge < -0.3 is 9.84 Å². The van der Waals surface area contributed by atoms with Gasteiger partial charge in [0.05, 0.1) is 5.69 Å². The van der Waals surface area contributed by atoms with Crippen molar-refractivity contribution in [2.45, 2.75) is 33.2 Å². The number of nitrogens with zero attached hydrogens (tertiary/aromatic N) is 1. The van der Waals surface area contributed by atoms with E-state index in [0.29, 0.717) is 6.04 Å². The van der Waals surface area contributed by atoms with E-state index in [2.05, 4.69) is 35.6 Å². The minimum Gasteiger partial charge on any atom is -0.361 e. The molecule has 1 aliphatic heterocycles. The summed E-state index contributed by atoms with van der Waals surface area (Å²) in [6, 6.07) is 7.13. The second-order valence-corrected chi connectivity index (χ2v) is 5.04. The quantitative estimate of drug-likeness (QED) is 0.834. The van der Waals surface area contributed by atoms with Crippen LogP contribution in [0.5, 0.6) is 0 Å². The first-order valence-corrected chi connectivity index (χ1v) is 6.46. The van der Waals surface area contributed by atoms with Crippen LogP contribution in [0.3, 0.4) is 0 Å². The molecule has 3 rings (SSSR count). The van der Waals surface area contributed by atoms with Gasteiger partial charge in [-0.05, 0) is 56.5 Å². The van der Waals surface area contributed by atoms with E-state index < -0.39 is 0 Å². The summed E-state index contributed by atoms with van der Waals surface area (Å²) in [5.74, 6) is 0.892. The maximum atomic E-state index is 5.25. The summed E-state index contributed by atoms with van der Waals surface area (Å²) >= 11 is 0. The molecular weight excluding hydrogens is 224 g/mol. The van der Waals surface area contributed by atoms with Crippen LogP contribution in [0.2, 0.25) is 0 Å². The standard InChI is InChI=1S/C15H18N2O/c1-9-14-8-13(5-4-12(14)6-7-16-9)15-10(2)17-18-11(15)3/h4-5,8-9,16H,6-7H2,1-3H3. The Balaban J connectivity index is 2.12. The molecule has 0 spiro atoms. The van der Waals surface area contributed by atoms with E-state index in [1.165, 1.54) is 16.7 Å². The van der Waals surface area contributed by atoms with Crippen LogP contribution in [0, 0.1) is 13.8 Å². The van der Waals surface area contributed by atoms with E-state index in [4.69, 9.17) is 4.52 Å². The predicted molar refractivity (Wildman–Crippen MR) is 71.5 cm³/mol. The Labute approximate surface area is 107 Å². The summed E-state index contributed by atoms with van der Waals surface area (Å²) in [4.78, 5) is 0. The highest BCUT2D eigenvalue weighted by Gasteiger charge is 2.18. The topological polar surface area (TPSA) is 38.1 Å². The zero-order valence-electron chi connectivity index (χ0n) is 11.1. The average molecular weight is 242 g/mol. The van der Waals surface area contributed by atoms with Crippen LogP contribution in [-0.4, -0.2) is 11.7 Å². The molecule has 0 bridgehead atoms. The Morgan fingerprint density at radius 3 is 2.89 bits per heavy atom. The van der Waals surface area contributed by atoms with Gasteiger partial charge in [-0.2, -0.15) is 0 Å². The van der Waals surface area contributed by atoms with E-state index in [1.807, 2.05) is 13.8 Å². The molecule has 2 aromatic rings. The van der Waals surface area contributed by atoms with Gasteiger partial charge in [-0.1, -0.05) is 17.3 Å². The molecule has 0 amide bonds. The molecule has 1 unspecified atom stereocenters. The van der Waals surface area contributed by atoms with Crippen LogP contribution in [0.1, 0.15) is 35.5 Å². The van der Waals surface area contributed by atoms with Crippen molar-refractivity contribution in [3.8, 4) is 11.1 Å². The number of benzene rings is 1. The third-order valence-corrected chi connectivity index (χ3v) is 3.78. The third kappa shape index (κ3) is 1.75. The van der Waals surface area contributed by atoms with Gasteiger partial charge in [-0.15, -0.1) is 0 Å². The van der Waals surface area contributed by atoms with Crippen LogP contribution in [0.15, 0.2) is 22.7 Å². The number of rotatable bonds is 1. The number of nitrogens with one attached hydrogen (secondary N) is 1. The molecule has 0 fully saturated rings. The summed E-state index contributed by atoms with van der Waals surface area (Å²) in [5, 5.41) is 7.53. The Kier molecular flexibility index (Phi) is 2.71. The van der Waals surface area contributed by atoms with Gasteiger partial charge in [0.25, 0.3) is 0 Å². The van der Waals surface area contributed by atoms with Crippen LogP contribution >= 0.6 is 0 Å². The van der Waals surface area contributed by atoms with Gasteiger partial charge in [0.1, 0.15) is 5.76 Å². The van der Waals surface area contributed by atoms with Crippen molar-refractivity contribution in [2.75, 3.05) is 6.54 Å². The molecule has 18 heavy (non-hydrogen) atoms. The second-order valence-electron chi connectivity index (χ2n) is 5.04. The fourth-order valence-corrected chi connectivity index (χ4v) is 2.81. The zero-order valence-corrected chi connectivity index (χ0v) is 11.1. The van der Waals surface area contributed by atoms with E-state index in [0.717, 1.165) is 30.0 Å². The Hall–Kier alpha value is -1.61. The van der Waals surface area contributed by atoms with Gasteiger partial charge in [0, 0.05) is 11.6 Å². The Morgan fingerprint density at radius 2 is 2.17 bits per heavy atom. The lowest BCUT2D eigenvalue weighted by Crippen LogP contribution is -2.27. The van der Waals surface area contributed by atoms with Gasteiger partial charge in [0.2, 0.25) is 0 Å². The molecule has 0 saturated carbocycles. The van der Waals surface area contributed by atoms with Crippen molar-refractivity contribution in [1.82, 2.24) is 10.5 Å². The summed E-state index contributed by atoms with van der Waals surface area (Å²) in [7, 11) is 0. The van der Waals surface area contributed by atoms with Crippen molar-refractivity contribution in [2.24, 2.45) is 0 Å². The fourth-order valence-electron chi connectivity index (χ4n) is 2.81. The third-order valence-electron chi connectivity index (χ3n) is 3.78. The highest BCUT2D eigenvalue weighted by atomic mass is 16.5. The summed E-state index contributed by atoms with van der Waals surface area (Å²) in [6.07, 6.45) is 1.11. The Morgan fingerprint density at radius 1 is 1.33 bits per heavy atom. The lowest BCUT2D eigenvalue weighted by molar-refractivity contribution is 0.393. The van der Waals surface area contributed by atoms with Crippen LogP contribution in [0.4, 0.5) is 0 Å². The number of aryl methyl sites for hydroxylation is 2.